The van der Waals surface area contributed by atoms with Gasteiger partial charge in [-0.1, -0.05) is 12.1 Å². The lowest BCUT2D eigenvalue weighted by Crippen LogP contribution is -2.17. The van der Waals surface area contributed by atoms with Gasteiger partial charge in [0, 0.05) is 23.6 Å². The van der Waals surface area contributed by atoms with Gasteiger partial charge in [0.1, 0.15) is 5.01 Å². The summed E-state index contributed by atoms with van der Waals surface area (Å²) in [6.07, 6.45) is 0. The molecule has 1 amide bonds. The first-order valence-electron chi connectivity index (χ1n) is 5.07. The highest BCUT2D eigenvalue weighted by molar-refractivity contribution is 7.13. The maximum absolute atomic E-state index is 11.4. The Morgan fingerprint density at radius 2 is 2.12 bits per heavy atom. The van der Waals surface area contributed by atoms with E-state index in [1.807, 2.05) is 17.5 Å². The van der Waals surface area contributed by atoms with Crippen LogP contribution in [0.15, 0.2) is 29.6 Å². The summed E-state index contributed by atoms with van der Waals surface area (Å²) in [5, 5.41) is 5.44. The highest BCUT2D eigenvalue weighted by Gasteiger charge is 2.06. The third-order valence-corrected chi connectivity index (χ3v) is 3.52. The van der Waals surface area contributed by atoms with Crippen molar-refractivity contribution in [1.82, 2.24) is 10.3 Å². The maximum atomic E-state index is 11.4. The van der Waals surface area contributed by atoms with Crippen molar-refractivity contribution in [2.24, 2.45) is 0 Å². The number of carbonyl (C=O) groups excluding carboxylic acids is 1. The Balaban J connectivity index is 2.25. The van der Waals surface area contributed by atoms with Gasteiger partial charge in [-0.25, -0.2) is 4.98 Å². The van der Waals surface area contributed by atoms with E-state index in [1.54, 1.807) is 30.5 Å². The molecule has 88 valence electrons. The normalized spacial score (nSPS) is 10.2. The van der Waals surface area contributed by atoms with Gasteiger partial charge in [-0.05, 0) is 12.1 Å². The van der Waals surface area contributed by atoms with Crippen molar-refractivity contribution in [3.8, 4) is 10.6 Å². The summed E-state index contributed by atoms with van der Waals surface area (Å²) in [7, 11) is 1.61. The van der Waals surface area contributed by atoms with E-state index >= 15 is 0 Å². The van der Waals surface area contributed by atoms with E-state index in [2.05, 4.69) is 10.3 Å². The number of amides is 1. The molecule has 0 unspecified atom stereocenters. The first-order valence-corrected chi connectivity index (χ1v) is 6.49. The van der Waals surface area contributed by atoms with Crippen molar-refractivity contribution >= 4 is 28.8 Å². The van der Waals surface area contributed by atoms with Crippen molar-refractivity contribution in [1.29, 1.82) is 0 Å². The van der Waals surface area contributed by atoms with Crippen molar-refractivity contribution in [2.45, 2.75) is 5.88 Å². The number of hydrogen-bond donors (Lipinski definition) is 1. The fourth-order valence-electron chi connectivity index (χ4n) is 1.41. The zero-order valence-corrected chi connectivity index (χ0v) is 10.8. The molecule has 2 rings (SSSR count). The van der Waals surface area contributed by atoms with Crippen LogP contribution in [0.3, 0.4) is 0 Å². The summed E-state index contributed by atoms with van der Waals surface area (Å²) in [6, 6.07) is 7.36. The number of nitrogens with zero attached hydrogens (tertiary/aromatic N) is 1. The summed E-state index contributed by atoms with van der Waals surface area (Å²) >= 11 is 7.26. The molecule has 1 heterocycles. The minimum absolute atomic E-state index is 0.0860. The molecule has 5 heteroatoms. The van der Waals surface area contributed by atoms with Crippen LogP contribution in [-0.2, 0) is 5.88 Å². The average Bonchev–Trinajstić information content (AvgIpc) is 2.87. The molecular weight excluding hydrogens is 256 g/mol. The van der Waals surface area contributed by atoms with Gasteiger partial charge in [0.25, 0.3) is 5.91 Å². The molecule has 0 radical (unpaired) electrons. The molecule has 17 heavy (non-hydrogen) atoms. The molecule has 0 aliphatic rings. The second-order valence-corrected chi connectivity index (χ2v) is 4.56. The van der Waals surface area contributed by atoms with Gasteiger partial charge in [-0.15, -0.1) is 22.9 Å². The molecule has 3 nitrogen and oxygen atoms in total. The maximum Gasteiger partial charge on any atom is 0.251 e. The van der Waals surface area contributed by atoms with Gasteiger partial charge >= 0.3 is 0 Å². The van der Waals surface area contributed by atoms with Gasteiger partial charge in [-0.2, -0.15) is 0 Å². The van der Waals surface area contributed by atoms with Crippen LogP contribution in [-0.4, -0.2) is 17.9 Å². The van der Waals surface area contributed by atoms with Crippen LogP contribution in [0.1, 0.15) is 16.1 Å². The summed E-state index contributed by atoms with van der Waals surface area (Å²) in [6.45, 7) is 0. The lowest BCUT2D eigenvalue weighted by atomic mass is 10.1. The van der Waals surface area contributed by atoms with Gasteiger partial charge in [0.2, 0.25) is 0 Å². The second-order valence-electron chi connectivity index (χ2n) is 3.43. The topological polar surface area (TPSA) is 42.0 Å². The number of benzene rings is 1. The SMILES string of the molecule is CNC(=O)c1ccc(-c2nc(CCl)cs2)cc1. The average molecular weight is 267 g/mol. The fourth-order valence-corrected chi connectivity index (χ4v) is 2.46. The summed E-state index contributed by atoms with van der Waals surface area (Å²) in [5.74, 6) is 0.337. The molecule has 0 aliphatic carbocycles. The van der Waals surface area contributed by atoms with Crippen LogP contribution in [0.4, 0.5) is 0 Å². The molecule has 1 aromatic heterocycles. The number of carbonyl (C=O) groups is 1. The van der Waals surface area contributed by atoms with Crippen molar-refractivity contribution < 1.29 is 4.79 Å². The second kappa shape index (κ2) is 5.29. The molecule has 0 saturated carbocycles. The predicted octanol–water partition coefficient (Wildman–Crippen LogP) is 2.91. The van der Waals surface area contributed by atoms with E-state index in [9.17, 15) is 4.79 Å². The standard InChI is InChI=1S/C12H11ClN2OS/c1-14-11(16)8-2-4-9(5-3-8)12-15-10(6-13)7-17-12/h2-5,7H,6H2,1H3,(H,14,16). The molecule has 0 spiro atoms. The number of thiazole rings is 1. The van der Waals surface area contributed by atoms with Crippen LogP contribution >= 0.6 is 22.9 Å². The monoisotopic (exact) mass is 266 g/mol. The fraction of sp³-hybridized carbons (Fsp3) is 0.167. The summed E-state index contributed by atoms with van der Waals surface area (Å²) < 4.78 is 0. The Hall–Kier alpha value is -1.39. The number of alkyl halides is 1. The summed E-state index contributed by atoms with van der Waals surface area (Å²) in [5.41, 5.74) is 2.52. The Labute approximate surface area is 108 Å². The summed E-state index contributed by atoms with van der Waals surface area (Å²) in [4.78, 5) is 15.7. The van der Waals surface area contributed by atoms with Gasteiger partial charge < -0.3 is 5.32 Å². The van der Waals surface area contributed by atoms with E-state index in [-0.39, 0.29) is 5.91 Å². The predicted molar refractivity (Wildman–Crippen MR) is 70.5 cm³/mol. The molecule has 0 atom stereocenters. The number of rotatable bonds is 3. The van der Waals surface area contributed by atoms with Crippen LogP contribution in [0.25, 0.3) is 10.6 Å². The Kier molecular flexibility index (Phi) is 3.76. The minimum atomic E-state index is -0.0860. The van der Waals surface area contributed by atoms with Crippen molar-refractivity contribution in [3.05, 3.63) is 40.9 Å². The lowest BCUT2D eigenvalue weighted by molar-refractivity contribution is 0.0963. The minimum Gasteiger partial charge on any atom is -0.355 e. The van der Waals surface area contributed by atoms with Gasteiger partial charge in [0.15, 0.2) is 0 Å². The Morgan fingerprint density at radius 1 is 1.41 bits per heavy atom. The largest absolute Gasteiger partial charge is 0.355 e. The first kappa shape index (κ1) is 12.1. The number of hydrogen-bond acceptors (Lipinski definition) is 3. The quantitative estimate of drug-likeness (QED) is 0.868. The highest BCUT2D eigenvalue weighted by Crippen LogP contribution is 2.24. The molecule has 0 saturated heterocycles. The third kappa shape index (κ3) is 2.65. The van der Waals surface area contributed by atoms with Crippen molar-refractivity contribution in [2.75, 3.05) is 7.05 Å². The van der Waals surface area contributed by atoms with Gasteiger partial charge in [-0.3, -0.25) is 4.79 Å². The van der Waals surface area contributed by atoms with Crippen LogP contribution < -0.4 is 5.32 Å². The highest BCUT2D eigenvalue weighted by atomic mass is 35.5. The van der Waals surface area contributed by atoms with E-state index in [4.69, 9.17) is 11.6 Å². The number of nitrogens with one attached hydrogen (secondary N) is 1. The van der Waals surface area contributed by atoms with Gasteiger partial charge in [0.05, 0.1) is 11.6 Å². The lowest BCUT2D eigenvalue weighted by Gasteiger charge is -2.00. The Morgan fingerprint density at radius 3 is 2.65 bits per heavy atom. The first-order chi connectivity index (χ1) is 8.24. The Bertz CT molecular complexity index is 522. The molecule has 1 N–H and O–H groups in total. The zero-order valence-electron chi connectivity index (χ0n) is 9.24. The molecular formula is C12H11ClN2OS. The zero-order chi connectivity index (χ0) is 12.3. The molecule has 0 fully saturated rings. The van der Waals surface area contributed by atoms with Crippen LogP contribution in [0, 0.1) is 0 Å². The van der Waals surface area contributed by atoms with Crippen LogP contribution in [0.5, 0.6) is 0 Å². The van der Waals surface area contributed by atoms with E-state index in [0.717, 1.165) is 16.3 Å². The molecule has 0 bridgehead atoms. The van der Waals surface area contributed by atoms with E-state index < -0.39 is 0 Å². The van der Waals surface area contributed by atoms with Crippen LogP contribution in [0.2, 0.25) is 0 Å². The van der Waals surface area contributed by atoms with E-state index in [1.165, 1.54) is 0 Å². The third-order valence-electron chi connectivity index (χ3n) is 2.31. The molecule has 2 aromatic rings. The molecule has 0 aliphatic heterocycles. The van der Waals surface area contributed by atoms with Crippen molar-refractivity contribution in [3.63, 3.8) is 0 Å². The number of aromatic nitrogens is 1. The number of halogens is 1. The smallest absolute Gasteiger partial charge is 0.251 e. The molecule has 1 aromatic carbocycles. The van der Waals surface area contributed by atoms with E-state index in [0.29, 0.717) is 11.4 Å².